The second-order valence-corrected chi connectivity index (χ2v) is 8.83. The Morgan fingerprint density at radius 3 is 2.33 bits per heavy atom. The number of hydrogen-bond acceptors (Lipinski definition) is 3. The minimum atomic E-state index is -3.54. The fourth-order valence-electron chi connectivity index (χ4n) is 3.45. The highest BCUT2D eigenvalue weighted by Crippen LogP contribution is 2.38. The fraction of sp³-hybridized carbons (Fsp3) is 0.571. The topological polar surface area (TPSA) is 63.4 Å². The summed E-state index contributed by atoms with van der Waals surface area (Å²) in [5.74, 6) is 0.799. The summed E-state index contributed by atoms with van der Waals surface area (Å²) in [5.41, 5.74) is 5.99. The van der Waals surface area contributed by atoms with Crippen LogP contribution in [0.5, 0.6) is 0 Å². The van der Waals surface area contributed by atoms with Crippen molar-refractivity contribution in [3.05, 3.63) is 28.2 Å². The quantitative estimate of drug-likeness (QED) is 0.893. The van der Waals surface area contributed by atoms with Gasteiger partial charge in [0, 0.05) is 29.2 Å². The van der Waals surface area contributed by atoms with Crippen LogP contribution in [0.2, 0.25) is 10.0 Å². The molecule has 1 aromatic carbocycles. The van der Waals surface area contributed by atoms with E-state index in [1.807, 2.05) is 0 Å². The summed E-state index contributed by atoms with van der Waals surface area (Å²) in [5, 5.41) is 0.666. The number of hydrogen-bond donors (Lipinski definition) is 1. The van der Waals surface area contributed by atoms with Crippen LogP contribution in [0.4, 0.5) is 0 Å². The standard InChI is InChI=1S/C14H18Cl2N2O2S/c15-11-4-12(16)6-14(5-11)21(19,20)18-7-9-1-2-13(17)3-10(9)8-18/h4-6,9-10,13H,1-3,7-8,17H2/t9-,10+,13?/m1/s1. The Kier molecular flexibility index (Phi) is 4.23. The molecule has 0 spiro atoms. The van der Waals surface area contributed by atoms with E-state index in [1.165, 1.54) is 18.2 Å². The number of nitrogens with zero attached hydrogens (tertiary/aromatic N) is 1. The van der Waals surface area contributed by atoms with Crippen molar-refractivity contribution in [2.45, 2.75) is 30.2 Å². The molecule has 1 aliphatic heterocycles. The third-order valence-electron chi connectivity index (χ3n) is 4.53. The van der Waals surface area contributed by atoms with Gasteiger partial charge < -0.3 is 5.73 Å². The third kappa shape index (κ3) is 3.08. The van der Waals surface area contributed by atoms with E-state index in [-0.39, 0.29) is 10.9 Å². The highest BCUT2D eigenvalue weighted by Gasteiger charge is 2.41. The van der Waals surface area contributed by atoms with Crippen LogP contribution in [-0.2, 0) is 10.0 Å². The van der Waals surface area contributed by atoms with Gasteiger partial charge in [-0.15, -0.1) is 0 Å². The molecule has 0 aromatic heterocycles. The summed E-state index contributed by atoms with van der Waals surface area (Å²) in [6, 6.07) is 4.65. The van der Waals surface area contributed by atoms with Crippen LogP contribution in [0.3, 0.4) is 0 Å². The normalized spacial score (nSPS) is 30.3. The summed E-state index contributed by atoms with van der Waals surface area (Å²) < 4.78 is 27.0. The van der Waals surface area contributed by atoms with Crippen molar-refractivity contribution in [1.29, 1.82) is 0 Å². The van der Waals surface area contributed by atoms with Crippen LogP contribution in [0.25, 0.3) is 0 Å². The van der Waals surface area contributed by atoms with E-state index in [0.29, 0.717) is 35.0 Å². The van der Waals surface area contributed by atoms with Crippen molar-refractivity contribution >= 4 is 33.2 Å². The second kappa shape index (κ2) is 5.70. The van der Waals surface area contributed by atoms with Crippen LogP contribution < -0.4 is 5.73 Å². The van der Waals surface area contributed by atoms with Crippen LogP contribution in [0.1, 0.15) is 19.3 Å². The van der Waals surface area contributed by atoms with Gasteiger partial charge in [-0.3, -0.25) is 0 Å². The molecule has 2 N–H and O–H groups in total. The lowest BCUT2D eigenvalue weighted by Gasteiger charge is -2.28. The van der Waals surface area contributed by atoms with E-state index < -0.39 is 10.0 Å². The molecule has 21 heavy (non-hydrogen) atoms. The molecule has 1 aliphatic carbocycles. The molecule has 3 rings (SSSR count). The van der Waals surface area contributed by atoms with Gasteiger partial charge in [0.15, 0.2) is 0 Å². The van der Waals surface area contributed by atoms with Gasteiger partial charge in [-0.25, -0.2) is 8.42 Å². The van der Waals surface area contributed by atoms with Crippen molar-refractivity contribution in [3.63, 3.8) is 0 Å². The van der Waals surface area contributed by atoms with Crippen molar-refractivity contribution in [1.82, 2.24) is 4.31 Å². The molecule has 4 nitrogen and oxygen atoms in total. The van der Waals surface area contributed by atoms with Crippen molar-refractivity contribution < 1.29 is 8.42 Å². The SMILES string of the molecule is NC1CC[C@@H]2CN(S(=O)(=O)c3cc(Cl)cc(Cl)c3)C[C@@H]2C1. The van der Waals surface area contributed by atoms with E-state index in [0.717, 1.165) is 19.3 Å². The zero-order chi connectivity index (χ0) is 15.2. The fourth-order valence-corrected chi connectivity index (χ4v) is 5.73. The summed E-state index contributed by atoms with van der Waals surface area (Å²) in [7, 11) is -3.54. The average Bonchev–Trinajstić information content (AvgIpc) is 2.81. The lowest BCUT2D eigenvalue weighted by Crippen LogP contribution is -2.32. The largest absolute Gasteiger partial charge is 0.328 e. The minimum absolute atomic E-state index is 0.169. The predicted octanol–water partition coefficient (Wildman–Crippen LogP) is 2.74. The van der Waals surface area contributed by atoms with E-state index >= 15 is 0 Å². The van der Waals surface area contributed by atoms with Gasteiger partial charge in [-0.2, -0.15) is 4.31 Å². The van der Waals surface area contributed by atoms with Crippen molar-refractivity contribution in [2.24, 2.45) is 17.6 Å². The van der Waals surface area contributed by atoms with Crippen LogP contribution in [0.15, 0.2) is 23.1 Å². The second-order valence-electron chi connectivity index (χ2n) is 6.02. The van der Waals surface area contributed by atoms with E-state index in [9.17, 15) is 8.42 Å². The zero-order valence-corrected chi connectivity index (χ0v) is 13.8. The Morgan fingerprint density at radius 2 is 1.67 bits per heavy atom. The molecule has 0 radical (unpaired) electrons. The Hall–Kier alpha value is -0.330. The average molecular weight is 349 g/mol. The van der Waals surface area contributed by atoms with E-state index in [2.05, 4.69) is 0 Å². The van der Waals surface area contributed by atoms with Crippen LogP contribution in [0, 0.1) is 11.8 Å². The maximum atomic E-state index is 12.7. The number of benzene rings is 1. The molecule has 7 heteroatoms. The molecule has 116 valence electrons. The number of halogens is 2. The van der Waals surface area contributed by atoms with E-state index in [1.54, 1.807) is 4.31 Å². The molecular weight excluding hydrogens is 331 g/mol. The first-order valence-electron chi connectivity index (χ1n) is 7.08. The highest BCUT2D eigenvalue weighted by molar-refractivity contribution is 7.89. The molecule has 1 heterocycles. The number of nitrogens with two attached hydrogens (primary N) is 1. The number of rotatable bonds is 2. The van der Waals surface area contributed by atoms with Crippen LogP contribution >= 0.6 is 23.2 Å². The lowest BCUT2D eigenvalue weighted by molar-refractivity contribution is 0.271. The van der Waals surface area contributed by atoms with Gasteiger partial charge >= 0.3 is 0 Å². The van der Waals surface area contributed by atoms with E-state index in [4.69, 9.17) is 28.9 Å². The lowest BCUT2D eigenvalue weighted by atomic mass is 9.79. The van der Waals surface area contributed by atoms with Gasteiger partial charge in [0.05, 0.1) is 4.90 Å². The first-order valence-corrected chi connectivity index (χ1v) is 9.27. The summed E-state index contributed by atoms with van der Waals surface area (Å²) >= 11 is 11.8. The minimum Gasteiger partial charge on any atom is -0.328 e. The maximum absolute atomic E-state index is 12.7. The maximum Gasteiger partial charge on any atom is 0.243 e. The van der Waals surface area contributed by atoms with Gasteiger partial charge in [0.25, 0.3) is 0 Å². The Morgan fingerprint density at radius 1 is 1.05 bits per heavy atom. The van der Waals surface area contributed by atoms with Gasteiger partial charge in [0.1, 0.15) is 0 Å². The molecule has 1 saturated heterocycles. The molecule has 0 amide bonds. The molecule has 3 atom stereocenters. The Bertz CT molecular complexity index is 630. The monoisotopic (exact) mass is 348 g/mol. The molecule has 1 saturated carbocycles. The van der Waals surface area contributed by atoms with Crippen LogP contribution in [-0.4, -0.2) is 31.9 Å². The number of sulfonamides is 1. The Labute approximate surface area is 135 Å². The zero-order valence-electron chi connectivity index (χ0n) is 11.5. The molecule has 1 unspecified atom stereocenters. The number of fused-ring (bicyclic) bond motifs is 1. The van der Waals surface area contributed by atoms with Crippen molar-refractivity contribution in [3.8, 4) is 0 Å². The third-order valence-corrected chi connectivity index (χ3v) is 6.78. The molecule has 0 bridgehead atoms. The molecule has 2 fully saturated rings. The predicted molar refractivity (Wildman–Crippen MR) is 84.0 cm³/mol. The molecule has 1 aromatic rings. The Balaban J connectivity index is 1.86. The summed E-state index contributed by atoms with van der Waals surface area (Å²) in [4.78, 5) is 0.169. The van der Waals surface area contributed by atoms with Crippen molar-refractivity contribution in [2.75, 3.05) is 13.1 Å². The summed E-state index contributed by atoms with van der Waals surface area (Å²) in [6.07, 6.45) is 2.90. The smallest absolute Gasteiger partial charge is 0.243 e. The molecular formula is C14H18Cl2N2O2S. The first-order chi connectivity index (χ1) is 9.86. The van der Waals surface area contributed by atoms with Gasteiger partial charge in [0.2, 0.25) is 10.0 Å². The summed E-state index contributed by atoms with van der Waals surface area (Å²) in [6.45, 7) is 1.12. The first kappa shape index (κ1) is 15.6. The molecule has 2 aliphatic rings. The van der Waals surface area contributed by atoms with Gasteiger partial charge in [-0.1, -0.05) is 23.2 Å². The van der Waals surface area contributed by atoms with Gasteiger partial charge in [-0.05, 0) is 49.3 Å². The highest BCUT2D eigenvalue weighted by atomic mass is 35.5.